The van der Waals surface area contributed by atoms with E-state index in [1.165, 1.54) is 0 Å². The second-order valence-corrected chi connectivity index (χ2v) is 7.79. The molecular weight excluding hydrogens is 350 g/mol. The minimum Gasteiger partial charge on any atom is -0.490 e. The second-order valence-electron chi connectivity index (χ2n) is 7.79. The Hall–Kier alpha value is -2.33. The zero-order chi connectivity index (χ0) is 20.1. The lowest BCUT2D eigenvalue weighted by Crippen LogP contribution is -2.44. The summed E-state index contributed by atoms with van der Waals surface area (Å²) in [5.74, 6) is 0.951. The van der Waals surface area contributed by atoms with Crippen molar-refractivity contribution in [1.29, 1.82) is 0 Å². The summed E-state index contributed by atoms with van der Waals surface area (Å²) in [6.45, 7) is 9.44. The van der Waals surface area contributed by atoms with E-state index in [2.05, 4.69) is 19.2 Å². The highest BCUT2D eigenvalue weighted by atomic mass is 16.5. The fourth-order valence-electron chi connectivity index (χ4n) is 3.87. The maximum atomic E-state index is 13.4. The van der Waals surface area contributed by atoms with Crippen LogP contribution in [0.1, 0.15) is 49.8 Å². The van der Waals surface area contributed by atoms with Crippen LogP contribution >= 0.6 is 0 Å². The molecule has 1 saturated heterocycles. The zero-order valence-electron chi connectivity index (χ0n) is 17.4. The molecule has 1 heterocycles. The Morgan fingerprint density at radius 2 is 1.75 bits per heavy atom. The first-order chi connectivity index (χ1) is 13.5. The van der Waals surface area contributed by atoms with E-state index in [-0.39, 0.29) is 12.0 Å². The van der Waals surface area contributed by atoms with Crippen LogP contribution in [0.5, 0.6) is 5.75 Å². The Kier molecular flexibility index (Phi) is 6.40. The first-order valence-corrected chi connectivity index (χ1v) is 10.2. The Balaban J connectivity index is 1.86. The van der Waals surface area contributed by atoms with Gasteiger partial charge in [0.2, 0.25) is 5.91 Å². The second kappa shape index (κ2) is 8.78. The lowest BCUT2D eigenvalue weighted by Gasteiger charge is -2.36. The van der Waals surface area contributed by atoms with Crippen molar-refractivity contribution in [1.82, 2.24) is 0 Å². The smallest absolute Gasteiger partial charge is 0.235 e. The SMILES string of the molecule is CC[C@@H](C)Oc1c(C)cc(NC(=O)C2(c3ccccc3)CCOCC2)cc1C. The van der Waals surface area contributed by atoms with Crippen molar-refractivity contribution in [2.45, 2.75) is 58.5 Å². The average molecular weight is 382 g/mol. The number of rotatable bonds is 6. The van der Waals surface area contributed by atoms with Gasteiger partial charge in [-0.3, -0.25) is 4.79 Å². The molecule has 3 rings (SSSR count). The van der Waals surface area contributed by atoms with E-state index in [4.69, 9.17) is 9.47 Å². The summed E-state index contributed by atoms with van der Waals surface area (Å²) in [5, 5.41) is 3.18. The topological polar surface area (TPSA) is 47.6 Å². The Morgan fingerprint density at radius 1 is 1.14 bits per heavy atom. The molecule has 4 heteroatoms. The van der Waals surface area contributed by atoms with Crippen LogP contribution in [0.25, 0.3) is 0 Å². The van der Waals surface area contributed by atoms with Crippen LogP contribution in [0.2, 0.25) is 0 Å². The highest BCUT2D eigenvalue weighted by Gasteiger charge is 2.41. The van der Waals surface area contributed by atoms with Crippen LogP contribution < -0.4 is 10.1 Å². The van der Waals surface area contributed by atoms with Crippen molar-refractivity contribution in [3.63, 3.8) is 0 Å². The quantitative estimate of drug-likeness (QED) is 0.751. The summed E-state index contributed by atoms with van der Waals surface area (Å²) in [7, 11) is 0. The summed E-state index contributed by atoms with van der Waals surface area (Å²) in [6.07, 6.45) is 2.51. The molecule has 0 saturated carbocycles. The lowest BCUT2D eigenvalue weighted by molar-refractivity contribution is -0.125. The van der Waals surface area contributed by atoms with Gasteiger partial charge in [-0.15, -0.1) is 0 Å². The van der Waals surface area contributed by atoms with Gasteiger partial charge in [-0.1, -0.05) is 37.3 Å². The molecular formula is C24H31NO3. The number of amides is 1. The zero-order valence-corrected chi connectivity index (χ0v) is 17.4. The van der Waals surface area contributed by atoms with Crippen molar-refractivity contribution in [2.24, 2.45) is 0 Å². The molecule has 1 N–H and O–H groups in total. The minimum atomic E-state index is -0.548. The van der Waals surface area contributed by atoms with Crippen molar-refractivity contribution < 1.29 is 14.3 Å². The normalized spacial score (nSPS) is 17.0. The molecule has 0 radical (unpaired) electrons. The van der Waals surface area contributed by atoms with Crippen molar-refractivity contribution in [3.8, 4) is 5.75 Å². The number of hydrogen-bond donors (Lipinski definition) is 1. The predicted octanol–water partition coefficient (Wildman–Crippen LogP) is 5.17. The summed E-state index contributed by atoms with van der Waals surface area (Å²) in [5.41, 5.74) is 3.40. The fraction of sp³-hybridized carbons (Fsp3) is 0.458. The third kappa shape index (κ3) is 4.22. The van der Waals surface area contributed by atoms with Crippen LogP contribution in [0.15, 0.2) is 42.5 Å². The molecule has 1 aliphatic rings. The molecule has 0 aromatic heterocycles. The van der Waals surface area contributed by atoms with E-state index < -0.39 is 5.41 Å². The fourth-order valence-corrected chi connectivity index (χ4v) is 3.87. The van der Waals surface area contributed by atoms with Gasteiger partial charge in [0.25, 0.3) is 0 Å². The van der Waals surface area contributed by atoms with Gasteiger partial charge in [-0.2, -0.15) is 0 Å². The van der Waals surface area contributed by atoms with E-state index in [0.29, 0.717) is 26.1 Å². The summed E-state index contributed by atoms with van der Waals surface area (Å²) < 4.78 is 11.6. The van der Waals surface area contributed by atoms with Crippen molar-refractivity contribution in [2.75, 3.05) is 18.5 Å². The largest absolute Gasteiger partial charge is 0.490 e. The van der Waals surface area contributed by atoms with Crippen LogP contribution in [-0.2, 0) is 14.9 Å². The number of hydrogen-bond acceptors (Lipinski definition) is 3. The standard InChI is InChI=1S/C24H31NO3/c1-5-19(4)28-22-17(2)15-21(16-18(22)3)25-23(26)24(11-13-27-14-12-24)20-9-7-6-8-10-20/h6-10,15-16,19H,5,11-14H2,1-4H3,(H,25,26)/t19-/m1/s1. The average Bonchev–Trinajstić information content (AvgIpc) is 2.71. The van der Waals surface area contributed by atoms with Gasteiger partial charge in [-0.05, 0) is 68.9 Å². The molecule has 0 spiro atoms. The molecule has 0 bridgehead atoms. The summed E-state index contributed by atoms with van der Waals surface area (Å²) >= 11 is 0. The molecule has 0 unspecified atom stereocenters. The molecule has 1 fully saturated rings. The monoisotopic (exact) mass is 381 g/mol. The maximum absolute atomic E-state index is 13.4. The highest BCUT2D eigenvalue weighted by molar-refractivity contribution is 5.99. The number of carbonyl (C=O) groups is 1. The van der Waals surface area contributed by atoms with Gasteiger partial charge >= 0.3 is 0 Å². The maximum Gasteiger partial charge on any atom is 0.235 e. The highest BCUT2D eigenvalue weighted by Crippen LogP contribution is 2.37. The minimum absolute atomic E-state index is 0.0383. The molecule has 1 aliphatic heterocycles. The first kappa shape index (κ1) is 20.4. The molecule has 4 nitrogen and oxygen atoms in total. The molecule has 0 aliphatic carbocycles. The summed E-state index contributed by atoms with van der Waals surface area (Å²) in [6, 6.07) is 14.1. The summed E-state index contributed by atoms with van der Waals surface area (Å²) in [4.78, 5) is 13.4. The number of carbonyl (C=O) groups excluding carboxylic acids is 1. The number of benzene rings is 2. The third-order valence-corrected chi connectivity index (χ3v) is 5.72. The van der Waals surface area contributed by atoms with E-state index in [0.717, 1.165) is 34.5 Å². The number of ether oxygens (including phenoxy) is 2. The van der Waals surface area contributed by atoms with Crippen molar-refractivity contribution in [3.05, 3.63) is 59.2 Å². The van der Waals surface area contributed by atoms with Gasteiger partial charge < -0.3 is 14.8 Å². The predicted molar refractivity (Wildman–Crippen MR) is 113 cm³/mol. The number of anilines is 1. The molecule has 2 aromatic rings. The van der Waals surface area contributed by atoms with Crippen LogP contribution in [-0.4, -0.2) is 25.2 Å². The first-order valence-electron chi connectivity index (χ1n) is 10.2. The van der Waals surface area contributed by atoms with E-state index >= 15 is 0 Å². The molecule has 150 valence electrons. The van der Waals surface area contributed by atoms with Crippen molar-refractivity contribution >= 4 is 11.6 Å². The van der Waals surface area contributed by atoms with Gasteiger partial charge in [0, 0.05) is 18.9 Å². The molecule has 1 amide bonds. The Bertz CT molecular complexity index is 787. The Labute approximate surface area is 168 Å². The van der Waals surface area contributed by atoms with E-state index in [1.54, 1.807) is 0 Å². The lowest BCUT2D eigenvalue weighted by atomic mass is 9.73. The van der Waals surface area contributed by atoms with Gasteiger partial charge in [0.15, 0.2) is 0 Å². The van der Waals surface area contributed by atoms with Crippen LogP contribution in [0, 0.1) is 13.8 Å². The Morgan fingerprint density at radius 3 is 2.32 bits per heavy atom. The molecule has 28 heavy (non-hydrogen) atoms. The van der Waals surface area contributed by atoms with Crippen LogP contribution in [0.4, 0.5) is 5.69 Å². The number of aryl methyl sites for hydroxylation is 2. The third-order valence-electron chi connectivity index (χ3n) is 5.72. The van der Waals surface area contributed by atoms with Gasteiger partial charge in [0.1, 0.15) is 5.75 Å². The molecule has 1 atom stereocenters. The van der Waals surface area contributed by atoms with Gasteiger partial charge in [-0.25, -0.2) is 0 Å². The van der Waals surface area contributed by atoms with Crippen LogP contribution in [0.3, 0.4) is 0 Å². The number of nitrogens with one attached hydrogen (secondary N) is 1. The van der Waals surface area contributed by atoms with E-state index in [1.807, 2.05) is 56.3 Å². The molecule has 2 aromatic carbocycles. The van der Waals surface area contributed by atoms with Gasteiger partial charge in [0.05, 0.1) is 11.5 Å². The van der Waals surface area contributed by atoms with E-state index in [9.17, 15) is 4.79 Å².